The van der Waals surface area contributed by atoms with Crippen molar-refractivity contribution in [3.8, 4) is 5.75 Å². The smallest absolute Gasteiger partial charge is 0.339 e. The SMILES string of the molecule is NC1(c2cc(F)c(O)c(C(=O)O)c2)CC1. The molecule has 0 bridgehead atoms. The third-order valence-corrected chi connectivity index (χ3v) is 2.66. The molecule has 0 aromatic heterocycles. The molecular formula is C10H10FNO3. The summed E-state index contributed by atoms with van der Waals surface area (Å²) in [6.45, 7) is 0. The average molecular weight is 211 g/mol. The first-order chi connectivity index (χ1) is 6.94. The van der Waals surface area contributed by atoms with Crippen molar-refractivity contribution in [1.29, 1.82) is 0 Å². The first-order valence-electron chi connectivity index (χ1n) is 4.49. The van der Waals surface area contributed by atoms with E-state index in [4.69, 9.17) is 10.8 Å². The minimum Gasteiger partial charge on any atom is -0.504 e. The van der Waals surface area contributed by atoms with Crippen LogP contribution in [0.1, 0.15) is 28.8 Å². The lowest BCUT2D eigenvalue weighted by Gasteiger charge is -2.11. The van der Waals surface area contributed by atoms with Gasteiger partial charge < -0.3 is 15.9 Å². The molecular weight excluding hydrogens is 201 g/mol. The van der Waals surface area contributed by atoms with E-state index < -0.39 is 28.6 Å². The monoisotopic (exact) mass is 211 g/mol. The fourth-order valence-corrected chi connectivity index (χ4v) is 1.47. The second-order valence-electron chi connectivity index (χ2n) is 3.82. The Morgan fingerprint density at radius 2 is 2.07 bits per heavy atom. The zero-order valence-corrected chi connectivity index (χ0v) is 7.83. The number of halogens is 1. The summed E-state index contributed by atoms with van der Waals surface area (Å²) in [5, 5.41) is 17.9. The van der Waals surface area contributed by atoms with Gasteiger partial charge >= 0.3 is 5.97 Å². The van der Waals surface area contributed by atoms with Gasteiger partial charge in [-0.2, -0.15) is 0 Å². The molecule has 0 radical (unpaired) electrons. The molecule has 1 aromatic rings. The van der Waals surface area contributed by atoms with Crippen LogP contribution in [0.2, 0.25) is 0 Å². The lowest BCUT2D eigenvalue weighted by Crippen LogP contribution is -2.19. The molecule has 80 valence electrons. The fourth-order valence-electron chi connectivity index (χ4n) is 1.47. The average Bonchev–Trinajstić information content (AvgIpc) is 2.89. The van der Waals surface area contributed by atoms with Gasteiger partial charge in [0.2, 0.25) is 0 Å². The highest BCUT2D eigenvalue weighted by molar-refractivity contribution is 5.91. The molecule has 4 N–H and O–H groups in total. The van der Waals surface area contributed by atoms with Crippen LogP contribution >= 0.6 is 0 Å². The number of rotatable bonds is 2. The standard InChI is InChI=1S/C10H10FNO3/c11-7-4-5(10(12)1-2-10)3-6(8(7)13)9(14)15/h3-4,13H,1-2,12H2,(H,14,15). The minimum atomic E-state index is -1.36. The van der Waals surface area contributed by atoms with Gasteiger partial charge in [-0.15, -0.1) is 0 Å². The van der Waals surface area contributed by atoms with Crippen molar-refractivity contribution >= 4 is 5.97 Å². The summed E-state index contributed by atoms with van der Waals surface area (Å²) in [6, 6.07) is 2.32. The lowest BCUT2D eigenvalue weighted by atomic mass is 10.0. The van der Waals surface area contributed by atoms with Crippen molar-refractivity contribution in [1.82, 2.24) is 0 Å². The molecule has 0 saturated heterocycles. The van der Waals surface area contributed by atoms with Crippen LogP contribution in [0.25, 0.3) is 0 Å². The second-order valence-corrected chi connectivity index (χ2v) is 3.82. The number of hydrogen-bond acceptors (Lipinski definition) is 3. The molecule has 0 amide bonds. The van der Waals surface area contributed by atoms with Gasteiger partial charge in [-0.25, -0.2) is 9.18 Å². The zero-order chi connectivity index (χ0) is 11.2. The van der Waals surface area contributed by atoms with E-state index in [1.165, 1.54) is 6.07 Å². The maximum absolute atomic E-state index is 13.2. The molecule has 0 atom stereocenters. The van der Waals surface area contributed by atoms with Gasteiger partial charge in [-0.1, -0.05) is 0 Å². The number of carboxylic acid groups (broad SMARTS) is 1. The van der Waals surface area contributed by atoms with E-state index in [-0.39, 0.29) is 0 Å². The van der Waals surface area contributed by atoms with E-state index in [1.54, 1.807) is 0 Å². The van der Waals surface area contributed by atoms with Gasteiger partial charge in [0, 0.05) is 5.54 Å². The summed E-state index contributed by atoms with van der Waals surface area (Å²) < 4.78 is 13.2. The Labute approximate surface area is 85.1 Å². The number of aromatic hydroxyl groups is 1. The molecule has 1 saturated carbocycles. The van der Waals surface area contributed by atoms with Crippen molar-refractivity contribution < 1.29 is 19.4 Å². The highest BCUT2D eigenvalue weighted by Gasteiger charge is 2.41. The Kier molecular flexibility index (Phi) is 1.94. The maximum atomic E-state index is 13.2. The molecule has 5 heteroatoms. The molecule has 1 fully saturated rings. The van der Waals surface area contributed by atoms with Gasteiger partial charge in [0.05, 0.1) is 0 Å². The number of phenols is 1. The molecule has 4 nitrogen and oxygen atoms in total. The Balaban J connectivity index is 2.56. The molecule has 0 spiro atoms. The topological polar surface area (TPSA) is 83.5 Å². The van der Waals surface area contributed by atoms with Gasteiger partial charge in [0.15, 0.2) is 11.6 Å². The Morgan fingerprint density at radius 3 is 2.53 bits per heavy atom. The molecule has 0 unspecified atom stereocenters. The largest absolute Gasteiger partial charge is 0.504 e. The van der Waals surface area contributed by atoms with Crippen LogP contribution in [-0.2, 0) is 5.54 Å². The summed E-state index contributed by atoms with van der Waals surface area (Å²) >= 11 is 0. The van der Waals surface area contributed by atoms with Crippen LogP contribution in [0.3, 0.4) is 0 Å². The van der Waals surface area contributed by atoms with E-state index in [1.807, 2.05) is 0 Å². The maximum Gasteiger partial charge on any atom is 0.339 e. The third kappa shape index (κ3) is 1.55. The van der Waals surface area contributed by atoms with Gasteiger partial charge in [-0.3, -0.25) is 0 Å². The van der Waals surface area contributed by atoms with Gasteiger partial charge in [0.1, 0.15) is 5.56 Å². The van der Waals surface area contributed by atoms with Gasteiger partial charge in [-0.05, 0) is 30.5 Å². The first kappa shape index (κ1) is 9.92. The molecule has 0 aliphatic heterocycles. The van der Waals surface area contributed by atoms with Crippen LogP contribution < -0.4 is 5.73 Å². The van der Waals surface area contributed by atoms with Crippen molar-refractivity contribution in [3.05, 3.63) is 29.1 Å². The summed E-state index contributed by atoms with van der Waals surface area (Å²) in [6.07, 6.45) is 1.41. The van der Waals surface area contributed by atoms with Crippen LogP contribution in [0.15, 0.2) is 12.1 Å². The van der Waals surface area contributed by atoms with Crippen molar-refractivity contribution in [2.45, 2.75) is 18.4 Å². The highest BCUT2D eigenvalue weighted by Crippen LogP contribution is 2.44. The fraction of sp³-hybridized carbons (Fsp3) is 0.300. The van der Waals surface area contributed by atoms with Crippen LogP contribution in [0.4, 0.5) is 4.39 Å². The van der Waals surface area contributed by atoms with Crippen molar-refractivity contribution in [2.75, 3.05) is 0 Å². The van der Waals surface area contributed by atoms with E-state index in [0.29, 0.717) is 18.4 Å². The minimum absolute atomic E-state index is 0.426. The molecule has 2 rings (SSSR count). The molecule has 0 heterocycles. The Bertz CT molecular complexity index is 441. The second kappa shape index (κ2) is 2.93. The number of benzene rings is 1. The van der Waals surface area contributed by atoms with Crippen LogP contribution in [-0.4, -0.2) is 16.2 Å². The summed E-state index contributed by atoms with van der Waals surface area (Å²) in [5.74, 6) is -3.14. The molecule has 1 aliphatic carbocycles. The number of aromatic carboxylic acids is 1. The number of carboxylic acids is 1. The summed E-state index contributed by atoms with van der Waals surface area (Å²) in [7, 11) is 0. The molecule has 15 heavy (non-hydrogen) atoms. The molecule has 1 aliphatic rings. The van der Waals surface area contributed by atoms with E-state index in [9.17, 15) is 14.3 Å². The lowest BCUT2D eigenvalue weighted by molar-refractivity contribution is 0.0692. The predicted molar refractivity (Wildman–Crippen MR) is 50.1 cm³/mol. The predicted octanol–water partition coefficient (Wildman–Crippen LogP) is 1.18. The van der Waals surface area contributed by atoms with E-state index in [0.717, 1.165) is 6.07 Å². The van der Waals surface area contributed by atoms with Crippen LogP contribution in [0, 0.1) is 5.82 Å². The number of carbonyl (C=O) groups is 1. The van der Waals surface area contributed by atoms with Crippen LogP contribution in [0.5, 0.6) is 5.75 Å². The molecule has 1 aromatic carbocycles. The van der Waals surface area contributed by atoms with Gasteiger partial charge in [0.25, 0.3) is 0 Å². The highest BCUT2D eigenvalue weighted by atomic mass is 19.1. The van der Waals surface area contributed by atoms with E-state index >= 15 is 0 Å². The summed E-state index contributed by atoms with van der Waals surface area (Å²) in [5.41, 5.74) is 5.19. The van der Waals surface area contributed by atoms with Crippen molar-refractivity contribution in [2.24, 2.45) is 5.73 Å². The van der Waals surface area contributed by atoms with Crippen molar-refractivity contribution in [3.63, 3.8) is 0 Å². The summed E-state index contributed by atoms with van der Waals surface area (Å²) in [4.78, 5) is 10.7. The quantitative estimate of drug-likeness (QED) is 0.685. The Morgan fingerprint density at radius 1 is 1.47 bits per heavy atom. The van der Waals surface area contributed by atoms with E-state index in [2.05, 4.69) is 0 Å². The zero-order valence-electron chi connectivity index (χ0n) is 7.83. The Hall–Kier alpha value is -1.62. The number of hydrogen-bond donors (Lipinski definition) is 3. The number of nitrogens with two attached hydrogens (primary N) is 1. The third-order valence-electron chi connectivity index (χ3n) is 2.66. The normalized spacial score (nSPS) is 17.5. The first-order valence-corrected chi connectivity index (χ1v) is 4.49.